The van der Waals surface area contributed by atoms with E-state index < -0.39 is 0 Å². The first-order valence-electron chi connectivity index (χ1n) is 8.46. The lowest BCUT2D eigenvalue weighted by molar-refractivity contribution is 0.0779. The highest BCUT2D eigenvalue weighted by Gasteiger charge is 2.22. The van der Waals surface area contributed by atoms with Gasteiger partial charge in [-0.05, 0) is 0 Å². The van der Waals surface area contributed by atoms with Crippen molar-refractivity contribution in [3.63, 3.8) is 0 Å². The Labute approximate surface area is 160 Å². The summed E-state index contributed by atoms with van der Waals surface area (Å²) in [6, 6.07) is 19.5. The lowest BCUT2D eigenvalue weighted by atomic mass is 10.1. The van der Waals surface area contributed by atoms with E-state index >= 15 is 0 Å². The average Bonchev–Trinajstić information content (AvgIpc) is 3.38. The van der Waals surface area contributed by atoms with Crippen LogP contribution in [0.15, 0.2) is 76.9 Å². The Balaban J connectivity index is 1.51. The second kappa shape index (κ2) is 7.55. The van der Waals surface area contributed by atoms with Crippen LogP contribution >= 0.6 is 11.3 Å². The van der Waals surface area contributed by atoms with Crippen molar-refractivity contribution in [1.82, 2.24) is 14.9 Å². The van der Waals surface area contributed by atoms with E-state index in [1.165, 1.54) is 6.39 Å². The van der Waals surface area contributed by atoms with Crippen molar-refractivity contribution in [2.24, 2.45) is 0 Å². The Morgan fingerprint density at radius 2 is 1.70 bits per heavy atom. The summed E-state index contributed by atoms with van der Waals surface area (Å²) in [5, 5.41) is 2.92. The molecule has 0 unspecified atom stereocenters. The molecule has 27 heavy (non-hydrogen) atoms. The second-order valence-corrected chi connectivity index (χ2v) is 6.93. The molecular weight excluding hydrogens is 358 g/mol. The average molecular weight is 375 g/mol. The van der Waals surface area contributed by atoms with Crippen LogP contribution in [-0.2, 0) is 6.54 Å². The molecule has 0 radical (unpaired) electrons. The lowest BCUT2D eigenvalue weighted by Crippen LogP contribution is -2.27. The molecule has 4 aromatic rings. The summed E-state index contributed by atoms with van der Waals surface area (Å²) in [7, 11) is 1.74. The summed E-state index contributed by atoms with van der Waals surface area (Å²) in [5.41, 5.74) is 3.05. The van der Waals surface area contributed by atoms with E-state index in [1.807, 2.05) is 66.0 Å². The molecule has 134 valence electrons. The zero-order valence-electron chi connectivity index (χ0n) is 14.7. The van der Waals surface area contributed by atoms with Crippen molar-refractivity contribution >= 4 is 17.2 Å². The van der Waals surface area contributed by atoms with Gasteiger partial charge < -0.3 is 9.32 Å². The normalized spacial score (nSPS) is 10.7. The summed E-state index contributed by atoms with van der Waals surface area (Å²) in [5.74, 6) is 0.285. The van der Waals surface area contributed by atoms with Gasteiger partial charge in [0.05, 0.1) is 12.2 Å². The standard InChI is InChI=1S/C21H17N3O2S/c1-24(12-17-13-27-20(23-17)16-10-6-3-7-11-16)21(25)18-19(26-14-22-18)15-8-4-2-5-9-15/h2-11,13-14H,12H2,1H3. The number of carbonyl (C=O) groups is 1. The zero-order valence-corrected chi connectivity index (χ0v) is 15.5. The third-order valence-electron chi connectivity index (χ3n) is 4.12. The first kappa shape index (κ1) is 17.2. The number of amides is 1. The van der Waals surface area contributed by atoms with E-state index in [2.05, 4.69) is 9.97 Å². The second-order valence-electron chi connectivity index (χ2n) is 6.07. The molecule has 5 nitrogen and oxygen atoms in total. The Hall–Kier alpha value is -3.25. The van der Waals surface area contributed by atoms with Gasteiger partial charge in [-0.3, -0.25) is 4.79 Å². The highest BCUT2D eigenvalue weighted by atomic mass is 32.1. The van der Waals surface area contributed by atoms with Crippen LogP contribution in [0.2, 0.25) is 0 Å². The summed E-state index contributed by atoms with van der Waals surface area (Å²) in [6.07, 6.45) is 1.31. The first-order valence-corrected chi connectivity index (χ1v) is 9.34. The molecule has 0 fully saturated rings. The van der Waals surface area contributed by atoms with Crippen LogP contribution < -0.4 is 0 Å². The van der Waals surface area contributed by atoms with E-state index in [1.54, 1.807) is 23.3 Å². The Bertz CT molecular complexity index is 1040. The fourth-order valence-corrected chi connectivity index (χ4v) is 3.60. The molecule has 0 N–H and O–H groups in total. The van der Waals surface area contributed by atoms with Crippen molar-refractivity contribution in [2.75, 3.05) is 7.05 Å². The molecule has 0 aliphatic rings. The number of nitrogens with zero attached hydrogens (tertiary/aromatic N) is 3. The molecule has 2 aromatic carbocycles. The van der Waals surface area contributed by atoms with E-state index in [-0.39, 0.29) is 5.91 Å². The number of carbonyl (C=O) groups excluding carboxylic acids is 1. The van der Waals surface area contributed by atoms with Gasteiger partial charge in [0.25, 0.3) is 5.91 Å². The molecule has 0 atom stereocenters. The monoisotopic (exact) mass is 375 g/mol. The van der Waals surface area contributed by atoms with Crippen molar-refractivity contribution in [1.29, 1.82) is 0 Å². The van der Waals surface area contributed by atoms with Crippen LogP contribution in [0, 0.1) is 0 Å². The minimum atomic E-state index is -0.197. The Morgan fingerprint density at radius 1 is 1.04 bits per heavy atom. The lowest BCUT2D eigenvalue weighted by Gasteiger charge is -2.15. The maximum absolute atomic E-state index is 12.9. The summed E-state index contributed by atoms with van der Waals surface area (Å²) in [4.78, 5) is 23.2. The van der Waals surface area contributed by atoms with Gasteiger partial charge in [-0.15, -0.1) is 11.3 Å². The first-order chi connectivity index (χ1) is 13.2. The van der Waals surface area contributed by atoms with Crippen LogP contribution in [-0.4, -0.2) is 27.8 Å². The molecule has 6 heteroatoms. The molecule has 0 aliphatic carbocycles. The highest BCUT2D eigenvalue weighted by Crippen LogP contribution is 2.26. The molecule has 0 bridgehead atoms. The molecule has 0 saturated heterocycles. The maximum Gasteiger partial charge on any atom is 0.276 e. The summed E-state index contributed by atoms with van der Waals surface area (Å²) >= 11 is 1.57. The molecule has 1 amide bonds. The van der Waals surface area contributed by atoms with E-state index in [4.69, 9.17) is 4.42 Å². The van der Waals surface area contributed by atoms with E-state index in [0.717, 1.165) is 21.8 Å². The molecule has 0 aliphatic heterocycles. The molecular formula is C21H17N3O2S. The summed E-state index contributed by atoms with van der Waals surface area (Å²) in [6.45, 7) is 0.406. The predicted molar refractivity (Wildman–Crippen MR) is 105 cm³/mol. The van der Waals surface area contributed by atoms with Gasteiger partial charge in [0, 0.05) is 23.6 Å². The van der Waals surface area contributed by atoms with Gasteiger partial charge in [-0.25, -0.2) is 9.97 Å². The Morgan fingerprint density at radius 3 is 2.41 bits per heavy atom. The third kappa shape index (κ3) is 3.66. The largest absolute Gasteiger partial charge is 0.443 e. The van der Waals surface area contributed by atoms with Gasteiger partial charge >= 0.3 is 0 Å². The molecule has 2 aromatic heterocycles. The number of thiazole rings is 1. The van der Waals surface area contributed by atoms with Gasteiger partial charge in [-0.1, -0.05) is 60.7 Å². The third-order valence-corrected chi connectivity index (χ3v) is 5.06. The van der Waals surface area contributed by atoms with E-state index in [9.17, 15) is 4.79 Å². The van der Waals surface area contributed by atoms with Crippen LogP contribution in [0.4, 0.5) is 0 Å². The number of rotatable bonds is 5. The van der Waals surface area contributed by atoms with Crippen molar-refractivity contribution in [3.8, 4) is 21.9 Å². The number of hydrogen-bond donors (Lipinski definition) is 0. The number of oxazole rings is 1. The maximum atomic E-state index is 12.9. The minimum absolute atomic E-state index is 0.197. The van der Waals surface area contributed by atoms with Crippen LogP contribution in [0.3, 0.4) is 0 Å². The van der Waals surface area contributed by atoms with Crippen molar-refractivity contribution in [2.45, 2.75) is 6.54 Å². The molecule has 2 heterocycles. The van der Waals surface area contributed by atoms with Gasteiger partial charge in [0.15, 0.2) is 17.8 Å². The van der Waals surface area contributed by atoms with Gasteiger partial charge in [0.2, 0.25) is 0 Å². The van der Waals surface area contributed by atoms with Crippen LogP contribution in [0.25, 0.3) is 21.9 Å². The highest BCUT2D eigenvalue weighted by molar-refractivity contribution is 7.13. The minimum Gasteiger partial charge on any atom is -0.443 e. The van der Waals surface area contributed by atoms with Crippen molar-refractivity contribution < 1.29 is 9.21 Å². The van der Waals surface area contributed by atoms with Crippen molar-refractivity contribution in [3.05, 3.63) is 83.8 Å². The van der Waals surface area contributed by atoms with E-state index in [0.29, 0.717) is 18.0 Å². The van der Waals surface area contributed by atoms with Crippen LogP contribution in [0.5, 0.6) is 0 Å². The number of benzene rings is 2. The number of hydrogen-bond acceptors (Lipinski definition) is 5. The van der Waals surface area contributed by atoms with Crippen LogP contribution in [0.1, 0.15) is 16.2 Å². The molecule has 4 rings (SSSR count). The summed E-state index contributed by atoms with van der Waals surface area (Å²) < 4.78 is 5.46. The SMILES string of the molecule is CN(Cc1csc(-c2ccccc2)n1)C(=O)c1ncoc1-c1ccccc1. The quantitative estimate of drug-likeness (QED) is 0.506. The predicted octanol–water partition coefficient (Wildman–Crippen LogP) is 4.74. The number of aromatic nitrogens is 2. The Kier molecular flexibility index (Phi) is 4.80. The molecule has 0 spiro atoms. The smallest absolute Gasteiger partial charge is 0.276 e. The fraction of sp³-hybridized carbons (Fsp3) is 0.0952. The zero-order chi connectivity index (χ0) is 18.6. The van der Waals surface area contributed by atoms with Gasteiger partial charge in [-0.2, -0.15) is 0 Å². The van der Waals surface area contributed by atoms with Gasteiger partial charge in [0.1, 0.15) is 5.01 Å². The fourth-order valence-electron chi connectivity index (χ4n) is 2.78. The topological polar surface area (TPSA) is 59.2 Å². The molecule has 0 saturated carbocycles.